The van der Waals surface area contributed by atoms with Gasteiger partial charge in [0, 0.05) is 18.7 Å². The standard InChI is InChI=1S/C22H22ClN3O5S2/c1-2-31-19(27)14-26-20-17(23)6-5-7-18(20)32-22(26)24-21(28)15-8-10-16(11-9-15)33(29,30)25-12-3-4-13-25/h5-11H,2-4,12-14H2,1H3. The van der Waals surface area contributed by atoms with Crippen LogP contribution in [0.4, 0.5) is 0 Å². The van der Waals surface area contributed by atoms with Gasteiger partial charge in [0.2, 0.25) is 10.0 Å². The Bertz CT molecular complexity index is 1370. The summed E-state index contributed by atoms with van der Waals surface area (Å²) in [6.07, 6.45) is 1.69. The van der Waals surface area contributed by atoms with Crippen LogP contribution in [0.15, 0.2) is 52.4 Å². The van der Waals surface area contributed by atoms with Crippen LogP contribution in [0, 0.1) is 0 Å². The summed E-state index contributed by atoms with van der Waals surface area (Å²) < 4.78 is 34.2. The van der Waals surface area contributed by atoms with Crippen molar-refractivity contribution in [2.24, 2.45) is 4.99 Å². The zero-order valence-electron chi connectivity index (χ0n) is 17.9. The molecule has 1 aromatic heterocycles. The van der Waals surface area contributed by atoms with Crippen LogP contribution in [0.2, 0.25) is 5.02 Å². The van der Waals surface area contributed by atoms with Crippen LogP contribution in [0.5, 0.6) is 0 Å². The van der Waals surface area contributed by atoms with Crippen molar-refractivity contribution in [2.45, 2.75) is 31.2 Å². The van der Waals surface area contributed by atoms with E-state index in [-0.39, 0.29) is 23.6 Å². The number of rotatable bonds is 6. The topological polar surface area (TPSA) is 98.0 Å². The number of carbonyl (C=O) groups excluding carboxylic acids is 2. The number of hydrogen-bond acceptors (Lipinski definition) is 6. The van der Waals surface area contributed by atoms with Crippen molar-refractivity contribution >= 4 is 55.1 Å². The van der Waals surface area contributed by atoms with Crippen LogP contribution < -0.4 is 4.80 Å². The molecule has 1 aliphatic rings. The predicted octanol–water partition coefficient (Wildman–Crippen LogP) is 3.44. The lowest BCUT2D eigenvalue weighted by molar-refractivity contribution is -0.143. The Morgan fingerprint density at radius 3 is 2.48 bits per heavy atom. The first-order valence-electron chi connectivity index (χ1n) is 10.4. The van der Waals surface area contributed by atoms with Gasteiger partial charge in [0.05, 0.1) is 26.7 Å². The predicted molar refractivity (Wildman–Crippen MR) is 126 cm³/mol. The van der Waals surface area contributed by atoms with Gasteiger partial charge in [-0.3, -0.25) is 9.59 Å². The molecule has 3 aromatic rings. The van der Waals surface area contributed by atoms with Crippen molar-refractivity contribution < 1.29 is 22.7 Å². The van der Waals surface area contributed by atoms with E-state index < -0.39 is 21.9 Å². The quantitative estimate of drug-likeness (QED) is 0.476. The largest absolute Gasteiger partial charge is 0.465 e. The first-order valence-corrected chi connectivity index (χ1v) is 13.1. The van der Waals surface area contributed by atoms with E-state index in [1.54, 1.807) is 23.6 Å². The molecule has 2 aromatic carbocycles. The van der Waals surface area contributed by atoms with Crippen molar-refractivity contribution in [3.05, 3.63) is 57.9 Å². The second-order valence-corrected chi connectivity index (χ2v) is 10.8. The van der Waals surface area contributed by atoms with Crippen molar-refractivity contribution in [2.75, 3.05) is 19.7 Å². The number of esters is 1. The van der Waals surface area contributed by atoms with Gasteiger partial charge in [0.15, 0.2) is 4.80 Å². The zero-order valence-corrected chi connectivity index (χ0v) is 20.3. The van der Waals surface area contributed by atoms with Gasteiger partial charge in [-0.15, -0.1) is 0 Å². The van der Waals surface area contributed by atoms with Gasteiger partial charge in [-0.05, 0) is 56.2 Å². The van der Waals surface area contributed by atoms with E-state index in [9.17, 15) is 18.0 Å². The lowest BCUT2D eigenvalue weighted by atomic mass is 10.2. The van der Waals surface area contributed by atoms with E-state index in [0.29, 0.717) is 28.4 Å². The van der Waals surface area contributed by atoms with Gasteiger partial charge < -0.3 is 9.30 Å². The average Bonchev–Trinajstić information content (AvgIpc) is 3.44. The van der Waals surface area contributed by atoms with Crippen LogP contribution in [0.1, 0.15) is 30.1 Å². The van der Waals surface area contributed by atoms with E-state index in [4.69, 9.17) is 16.3 Å². The maximum Gasteiger partial charge on any atom is 0.326 e. The molecule has 1 saturated heterocycles. The molecule has 0 atom stereocenters. The number of sulfonamides is 1. The highest BCUT2D eigenvalue weighted by Gasteiger charge is 2.27. The summed E-state index contributed by atoms with van der Waals surface area (Å²) >= 11 is 7.58. The monoisotopic (exact) mass is 507 g/mol. The normalized spacial score (nSPS) is 15.3. The molecule has 0 aliphatic carbocycles. The number of ether oxygens (including phenoxy) is 1. The first-order chi connectivity index (χ1) is 15.8. The van der Waals surface area contributed by atoms with Crippen LogP contribution in [0.3, 0.4) is 0 Å². The molecule has 11 heteroatoms. The van der Waals surface area contributed by atoms with E-state index in [1.807, 2.05) is 6.07 Å². The van der Waals surface area contributed by atoms with Crippen molar-refractivity contribution in [1.82, 2.24) is 8.87 Å². The molecule has 0 radical (unpaired) electrons. The number of nitrogens with zero attached hydrogens (tertiary/aromatic N) is 3. The van der Waals surface area contributed by atoms with Gasteiger partial charge in [-0.25, -0.2) is 8.42 Å². The lowest BCUT2D eigenvalue weighted by Crippen LogP contribution is -2.27. The Morgan fingerprint density at radius 2 is 1.82 bits per heavy atom. The fourth-order valence-corrected chi connectivity index (χ4v) is 6.56. The van der Waals surface area contributed by atoms with Gasteiger partial charge >= 0.3 is 5.97 Å². The van der Waals surface area contributed by atoms with E-state index in [0.717, 1.165) is 17.5 Å². The maximum absolute atomic E-state index is 12.9. The van der Waals surface area contributed by atoms with Crippen LogP contribution >= 0.6 is 22.9 Å². The number of hydrogen-bond donors (Lipinski definition) is 0. The molecule has 2 heterocycles. The van der Waals surface area contributed by atoms with Gasteiger partial charge in [-0.1, -0.05) is 29.0 Å². The third-order valence-electron chi connectivity index (χ3n) is 5.25. The van der Waals surface area contributed by atoms with E-state index >= 15 is 0 Å². The van der Waals surface area contributed by atoms with E-state index in [1.165, 1.54) is 39.9 Å². The Kier molecular flexibility index (Phi) is 6.99. The Labute approximate surface area is 200 Å². The fraction of sp³-hybridized carbons (Fsp3) is 0.318. The molecule has 0 bridgehead atoms. The second-order valence-electron chi connectivity index (χ2n) is 7.41. The molecular weight excluding hydrogens is 486 g/mol. The Hall–Kier alpha value is -2.53. The summed E-state index contributed by atoms with van der Waals surface area (Å²) in [5.41, 5.74) is 0.831. The summed E-state index contributed by atoms with van der Waals surface area (Å²) in [6, 6.07) is 11.0. The smallest absolute Gasteiger partial charge is 0.326 e. The summed E-state index contributed by atoms with van der Waals surface area (Å²) in [5.74, 6) is -1.03. The average molecular weight is 508 g/mol. The van der Waals surface area contributed by atoms with E-state index in [2.05, 4.69) is 4.99 Å². The minimum absolute atomic E-state index is 0.142. The minimum atomic E-state index is -3.56. The highest BCUT2D eigenvalue weighted by molar-refractivity contribution is 7.89. The maximum atomic E-state index is 12.9. The molecule has 0 saturated carbocycles. The number of aromatic nitrogens is 1. The Morgan fingerprint density at radius 1 is 1.12 bits per heavy atom. The second kappa shape index (κ2) is 9.76. The number of para-hydroxylation sites is 1. The number of benzene rings is 2. The number of amides is 1. The summed E-state index contributed by atoms with van der Waals surface area (Å²) in [4.78, 5) is 29.7. The molecule has 1 aliphatic heterocycles. The fourth-order valence-electron chi connectivity index (χ4n) is 3.65. The van der Waals surface area contributed by atoms with Crippen molar-refractivity contribution in [3.8, 4) is 0 Å². The lowest BCUT2D eigenvalue weighted by Gasteiger charge is -2.15. The van der Waals surface area contributed by atoms with Gasteiger partial charge in [0.1, 0.15) is 6.54 Å². The molecule has 1 amide bonds. The first kappa shape index (κ1) is 23.6. The van der Waals surface area contributed by atoms with Crippen molar-refractivity contribution in [3.63, 3.8) is 0 Å². The summed E-state index contributed by atoms with van der Waals surface area (Å²) in [5, 5.41) is 0.429. The molecular formula is C22H22ClN3O5S2. The zero-order chi connectivity index (χ0) is 23.6. The minimum Gasteiger partial charge on any atom is -0.465 e. The third kappa shape index (κ3) is 4.89. The van der Waals surface area contributed by atoms with Crippen LogP contribution in [-0.2, 0) is 26.1 Å². The summed E-state index contributed by atoms with van der Waals surface area (Å²) in [7, 11) is -3.56. The number of carbonyl (C=O) groups is 2. The molecule has 0 N–H and O–H groups in total. The van der Waals surface area contributed by atoms with Gasteiger partial charge in [-0.2, -0.15) is 9.30 Å². The van der Waals surface area contributed by atoms with Gasteiger partial charge in [0.25, 0.3) is 5.91 Å². The summed E-state index contributed by atoms with van der Waals surface area (Å²) in [6.45, 7) is 2.81. The number of fused-ring (bicyclic) bond motifs is 1. The highest BCUT2D eigenvalue weighted by Crippen LogP contribution is 2.26. The van der Waals surface area contributed by atoms with Crippen LogP contribution in [-0.4, -0.2) is 48.9 Å². The molecule has 1 fully saturated rings. The SMILES string of the molecule is CCOC(=O)Cn1c(=NC(=O)c2ccc(S(=O)(=O)N3CCCC3)cc2)sc2cccc(Cl)c21. The third-order valence-corrected chi connectivity index (χ3v) is 8.51. The number of halogens is 1. The molecule has 0 unspecified atom stereocenters. The molecule has 8 nitrogen and oxygen atoms in total. The number of thiazole rings is 1. The van der Waals surface area contributed by atoms with Crippen molar-refractivity contribution in [1.29, 1.82) is 0 Å². The highest BCUT2D eigenvalue weighted by atomic mass is 35.5. The molecule has 4 rings (SSSR count). The molecule has 0 spiro atoms. The Balaban J connectivity index is 1.69. The molecule has 33 heavy (non-hydrogen) atoms. The van der Waals surface area contributed by atoms with Crippen LogP contribution in [0.25, 0.3) is 10.2 Å². The molecule has 174 valence electrons.